The van der Waals surface area contributed by atoms with Crippen LogP contribution in [0.3, 0.4) is 0 Å². The standard InChI is InChI=1S/C5H11.Al.2FH/c1-3-5-4-2;;;/h1,3-5H2,2H3;;2*1H. The second-order valence-corrected chi connectivity index (χ2v) is 2.07. The monoisotopic (exact) mass is 138 g/mol. The van der Waals surface area contributed by atoms with E-state index in [4.69, 9.17) is 0 Å². The highest BCUT2D eigenvalue weighted by atomic mass is 27.0. The summed E-state index contributed by atoms with van der Waals surface area (Å²) < 4.78 is 0. The van der Waals surface area contributed by atoms with Crippen molar-refractivity contribution in [3.8, 4) is 0 Å². The van der Waals surface area contributed by atoms with Crippen LogP contribution in [0.4, 0.5) is 9.41 Å². The minimum atomic E-state index is 0. The Morgan fingerprint density at radius 3 is 1.75 bits per heavy atom. The van der Waals surface area contributed by atoms with Gasteiger partial charge < -0.3 is 0 Å². The van der Waals surface area contributed by atoms with Crippen LogP contribution >= 0.6 is 0 Å². The third kappa shape index (κ3) is 16.2. The quantitative estimate of drug-likeness (QED) is 0.413. The first-order chi connectivity index (χ1) is 2.91. The van der Waals surface area contributed by atoms with Crippen LogP contribution in [0.25, 0.3) is 0 Å². The van der Waals surface area contributed by atoms with Gasteiger partial charge >= 0.3 is 0 Å². The van der Waals surface area contributed by atoms with Crippen LogP contribution in [0.15, 0.2) is 0 Å². The van der Waals surface area contributed by atoms with Crippen LogP contribution in [-0.2, 0) is 0 Å². The molecule has 0 aromatic rings. The molecule has 0 amide bonds. The van der Waals surface area contributed by atoms with E-state index >= 15 is 0 Å². The lowest BCUT2D eigenvalue weighted by Gasteiger charge is -1.86. The summed E-state index contributed by atoms with van der Waals surface area (Å²) in [5.41, 5.74) is 0. The van der Waals surface area contributed by atoms with Crippen LogP contribution in [0.1, 0.15) is 26.2 Å². The van der Waals surface area contributed by atoms with Crippen molar-refractivity contribution in [1.82, 2.24) is 0 Å². The van der Waals surface area contributed by atoms with E-state index in [-0.39, 0.29) is 9.41 Å². The van der Waals surface area contributed by atoms with Gasteiger partial charge in [0.05, 0.1) is 0 Å². The van der Waals surface area contributed by atoms with Crippen molar-refractivity contribution in [2.45, 2.75) is 31.5 Å². The van der Waals surface area contributed by atoms with Crippen LogP contribution in [0.5, 0.6) is 0 Å². The van der Waals surface area contributed by atoms with Gasteiger partial charge in [0.2, 0.25) is 0 Å². The molecule has 0 saturated heterocycles. The molecule has 0 aliphatic rings. The molecule has 0 unspecified atom stereocenters. The Kier molecular flexibility index (Phi) is 30.9. The fraction of sp³-hybridized carbons (Fsp3) is 1.00. The average molecular weight is 138 g/mol. The van der Waals surface area contributed by atoms with E-state index in [1.807, 2.05) is 0 Å². The van der Waals surface area contributed by atoms with E-state index in [0.717, 1.165) is 0 Å². The molecule has 3 heteroatoms. The van der Waals surface area contributed by atoms with Crippen molar-refractivity contribution < 1.29 is 9.41 Å². The van der Waals surface area contributed by atoms with Crippen LogP contribution in [0.2, 0.25) is 5.28 Å². The highest BCUT2D eigenvalue weighted by molar-refractivity contribution is 6.08. The lowest BCUT2D eigenvalue weighted by Crippen LogP contribution is -1.69. The molecule has 0 aromatic carbocycles. The molecule has 0 nitrogen and oxygen atoms in total. The molecule has 0 heterocycles. The second-order valence-electron chi connectivity index (χ2n) is 1.50. The summed E-state index contributed by atoms with van der Waals surface area (Å²) in [6.45, 7) is 2.22. The topological polar surface area (TPSA) is 0 Å². The number of halogens is 2. The molecule has 0 saturated carbocycles. The largest absolute Gasteiger partial charge is 0.269 e. The maximum absolute atomic E-state index is 2.73. The van der Waals surface area contributed by atoms with Crippen molar-refractivity contribution >= 4 is 16.3 Å². The summed E-state index contributed by atoms with van der Waals surface area (Å²) in [6, 6.07) is 0. The first kappa shape index (κ1) is 15.8. The molecule has 0 atom stereocenters. The number of rotatable bonds is 3. The Balaban J connectivity index is -0.000000125. The van der Waals surface area contributed by atoms with Crippen LogP contribution in [-0.4, -0.2) is 16.3 Å². The summed E-state index contributed by atoms with van der Waals surface area (Å²) in [6.07, 6.45) is 4.11. The summed E-state index contributed by atoms with van der Waals surface area (Å²) in [5.74, 6) is 0. The van der Waals surface area contributed by atoms with Gasteiger partial charge in [0.15, 0.2) is 0 Å². The first-order valence-electron chi connectivity index (χ1n) is 2.62. The third-order valence-electron chi connectivity index (χ3n) is 0.808. The van der Waals surface area contributed by atoms with E-state index in [2.05, 4.69) is 23.2 Å². The Hall–Kier alpha value is 0.392. The van der Waals surface area contributed by atoms with Gasteiger partial charge in [-0.1, -0.05) is 26.2 Å². The Morgan fingerprint density at radius 2 is 1.62 bits per heavy atom. The van der Waals surface area contributed by atoms with Gasteiger partial charge in [0, 0.05) is 0 Å². The van der Waals surface area contributed by atoms with Crippen molar-refractivity contribution in [3.63, 3.8) is 0 Å². The molecular weight excluding hydrogens is 125 g/mol. The van der Waals surface area contributed by atoms with Crippen molar-refractivity contribution in [1.29, 1.82) is 0 Å². The Bertz CT molecular complexity index is 22.4. The van der Waals surface area contributed by atoms with E-state index < -0.39 is 0 Å². The minimum Gasteiger partial charge on any atom is -0.269 e. The molecule has 8 heavy (non-hydrogen) atoms. The third-order valence-corrected chi connectivity index (χ3v) is 1.22. The molecular formula is C5H13AlF2. The van der Waals surface area contributed by atoms with Crippen LogP contribution < -0.4 is 0 Å². The zero-order valence-electron chi connectivity index (χ0n) is 5.22. The van der Waals surface area contributed by atoms with Gasteiger partial charge in [-0.2, -0.15) is 0 Å². The zero-order valence-corrected chi connectivity index (χ0v) is 6.38. The van der Waals surface area contributed by atoms with E-state index in [1.165, 1.54) is 24.5 Å². The maximum Gasteiger partial charge on any atom is 0.118 e. The summed E-state index contributed by atoms with van der Waals surface area (Å²) in [7, 11) is 0. The van der Waals surface area contributed by atoms with Gasteiger partial charge in [0.1, 0.15) is 16.3 Å². The van der Waals surface area contributed by atoms with Gasteiger partial charge in [-0.25, -0.2) is 0 Å². The van der Waals surface area contributed by atoms with E-state index in [0.29, 0.717) is 0 Å². The molecule has 50 valence electrons. The van der Waals surface area contributed by atoms with Gasteiger partial charge in [0.25, 0.3) is 0 Å². The lowest BCUT2D eigenvalue weighted by atomic mass is 10.3. The molecule has 0 aliphatic heterocycles. The SMILES string of the molecule is CCCC[CH2][Al].F.F. The molecule has 0 aliphatic carbocycles. The average Bonchev–Trinajstić information content (AvgIpc) is 1.61. The highest BCUT2D eigenvalue weighted by Gasteiger charge is 1.75. The van der Waals surface area contributed by atoms with Crippen molar-refractivity contribution in [2.24, 2.45) is 0 Å². The maximum atomic E-state index is 2.73. The Labute approximate surface area is 57.8 Å². The minimum absolute atomic E-state index is 0. The van der Waals surface area contributed by atoms with Gasteiger partial charge in [-0.15, -0.1) is 5.28 Å². The lowest BCUT2D eigenvalue weighted by molar-refractivity contribution is 0.771. The van der Waals surface area contributed by atoms with E-state index in [1.54, 1.807) is 0 Å². The highest BCUT2D eigenvalue weighted by Crippen LogP contribution is 1.94. The predicted molar refractivity (Wildman–Crippen MR) is 35.1 cm³/mol. The molecule has 0 spiro atoms. The van der Waals surface area contributed by atoms with Crippen molar-refractivity contribution in [2.75, 3.05) is 0 Å². The number of hydrogen-bond acceptors (Lipinski definition) is 0. The van der Waals surface area contributed by atoms with Gasteiger partial charge in [-0.3, -0.25) is 9.41 Å². The predicted octanol–water partition coefficient (Wildman–Crippen LogP) is 2.07. The fourth-order valence-corrected chi connectivity index (χ4v) is 0.683. The smallest absolute Gasteiger partial charge is 0.118 e. The van der Waals surface area contributed by atoms with Gasteiger partial charge in [-0.05, 0) is 0 Å². The molecule has 0 rings (SSSR count). The summed E-state index contributed by atoms with van der Waals surface area (Å²) in [4.78, 5) is 0. The van der Waals surface area contributed by atoms with Crippen molar-refractivity contribution in [3.05, 3.63) is 0 Å². The first-order valence-corrected chi connectivity index (χ1v) is 3.43. The zero-order chi connectivity index (χ0) is 4.83. The number of hydrogen-bond donors (Lipinski definition) is 0. The summed E-state index contributed by atoms with van der Waals surface area (Å²) >= 11 is 2.73. The molecule has 0 fully saturated rings. The normalized spacial score (nSPS) is 6.62. The van der Waals surface area contributed by atoms with E-state index in [9.17, 15) is 0 Å². The Morgan fingerprint density at radius 1 is 1.12 bits per heavy atom. The molecule has 0 aromatic heterocycles. The van der Waals surface area contributed by atoms with Crippen LogP contribution in [0, 0.1) is 0 Å². The summed E-state index contributed by atoms with van der Waals surface area (Å²) in [5, 5.41) is 1.27. The molecule has 0 N–H and O–H groups in total. The number of unbranched alkanes of at least 4 members (excludes halogenated alkanes) is 2. The molecule has 0 bridgehead atoms. The fourth-order valence-electron chi connectivity index (χ4n) is 0.394. The molecule has 2 radical (unpaired) electrons. The second kappa shape index (κ2) is 15.7.